The van der Waals surface area contributed by atoms with E-state index in [1.807, 2.05) is 54.6 Å². The van der Waals surface area contributed by atoms with Gasteiger partial charge in [0.15, 0.2) is 11.5 Å². The van der Waals surface area contributed by atoms with Gasteiger partial charge in [-0.05, 0) is 39.7 Å². The molecule has 0 atom stereocenters. The molecule has 0 aliphatic heterocycles. The lowest BCUT2D eigenvalue weighted by atomic mass is 10.1. The Bertz CT molecular complexity index is 1040. The summed E-state index contributed by atoms with van der Waals surface area (Å²) < 4.78 is 12.1. The molecule has 0 saturated carbocycles. The molecule has 0 aliphatic rings. The number of halogens is 2. The molecule has 154 valence electrons. The van der Waals surface area contributed by atoms with Crippen LogP contribution in [-0.4, -0.2) is 19.2 Å². The minimum absolute atomic E-state index is 0.194. The third kappa shape index (κ3) is 6.08. The van der Waals surface area contributed by atoms with Crippen LogP contribution >= 0.6 is 27.5 Å². The number of hydrogen-bond donors (Lipinski definition) is 1. The molecule has 0 saturated heterocycles. The standard InChI is InChI=1S/C23H20BrClN2O3/c1-29-21-12-18(14-26-27-23(28)11-16-7-3-2-4-8-16)19(24)13-22(21)30-15-17-9-5-6-10-20(17)25/h2-10,12-14H,11,15H2,1H3,(H,27,28). The Morgan fingerprint density at radius 1 is 1.10 bits per heavy atom. The maximum absolute atomic E-state index is 12.0. The molecule has 0 bridgehead atoms. The first-order valence-electron chi connectivity index (χ1n) is 9.16. The van der Waals surface area contributed by atoms with Crippen molar-refractivity contribution in [2.45, 2.75) is 13.0 Å². The predicted octanol–water partition coefficient (Wildman–Crippen LogP) is 5.38. The lowest BCUT2D eigenvalue weighted by Gasteiger charge is -2.13. The Hall–Kier alpha value is -2.83. The van der Waals surface area contributed by atoms with Crippen molar-refractivity contribution < 1.29 is 14.3 Å². The van der Waals surface area contributed by atoms with Gasteiger partial charge in [-0.1, -0.05) is 60.1 Å². The van der Waals surface area contributed by atoms with E-state index < -0.39 is 0 Å². The highest BCUT2D eigenvalue weighted by Gasteiger charge is 2.11. The molecule has 5 nitrogen and oxygen atoms in total. The summed E-state index contributed by atoms with van der Waals surface area (Å²) in [4.78, 5) is 12.0. The quantitative estimate of drug-likeness (QED) is 0.343. The third-order valence-electron chi connectivity index (χ3n) is 4.22. The van der Waals surface area contributed by atoms with Crippen LogP contribution in [0.15, 0.2) is 76.3 Å². The summed E-state index contributed by atoms with van der Waals surface area (Å²) in [5.41, 5.74) is 5.07. The molecule has 1 N–H and O–H groups in total. The zero-order valence-electron chi connectivity index (χ0n) is 16.3. The molecule has 1 amide bonds. The van der Waals surface area contributed by atoms with Crippen molar-refractivity contribution in [1.82, 2.24) is 5.43 Å². The van der Waals surface area contributed by atoms with Crippen molar-refractivity contribution in [3.8, 4) is 11.5 Å². The van der Waals surface area contributed by atoms with Crippen molar-refractivity contribution in [2.24, 2.45) is 5.10 Å². The number of nitrogens with one attached hydrogen (secondary N) is 1. The molecule has 0 fully saturated rings. The molecule has 0 aromatic heterocycles. The van der Waals surface area contributed by atoms with E-state index in [4.69, 9.17) is 21.1 Å². The van der Waals surface area contributed by atoms with Crippen LogP contribution < -0.4 is 14.9 Å². The second kappa shape index (κ2) is 10.8. The maximum Gasteiger partial charge on any atom is 0.244 e. The number of hydrazone groups is 1. The summed E-state index contributed by atoms with van der Waals surface area (Å²) in [6, 6.07) is 20.6. The summed E-state index contributed by atoms with van der Waals surface area (Å²) in [6.45, 7) is 0.311. The minimum Gasteiger partial charge on any atom is -0.493 e. The van der Waals surface area contributed by atoms with E-state index in [0.717, 1.165) is 21.2 Å². The molecule has 30 heavy (non-hydrogen) atoms. The zero-order valence-corrected chi connectivity index (χ0v) is 18.6. The van der Waals surface area contributed by atoms with Crippen molar-refractivity contribution in [2.75, 3.05) is 7.11 Å². The Morgan fingerprint density at radius 2 is 1.83 bits per heavy atom. The summed E-state index contributed by atoms with van der Waals surface area (Å²) in [5.74, 6) is 0.914. The van der Waals surface area contributed by atoms with Crippen LogP contribution in [0.4, 0.5) is 0 Å². The van der Waals surface area contributed by atoms with Gasteiger partial charge in [-0.25, -0.2) is 5.43 Å². The van der Waals surface area contributed by atoms with Crippen LogP contribution in [-0.2, 0) is 17.8 Å². The van der Waals surface area contributed by atoms with Gasteiger partial charge >= 0.3 is 0 Å². The Kier molecular flexibility index (Phi) is 7.88. The number of amides is 1. The average Bonchev–Trinajstić information content (AvgIpc) is 2.75. The molecule has 0 unspecified atom stereocenters. The van der Waals surface area contributed by atoms with Crippen molar-refractivity contribution in [3.05, 3.63) is 92.9 Å². The molecule has 0 aliphatic carbocycles. The maximum atomic E-state index is 12.0. The van der Waals surface area contributed by atoms with Crippen LogP contribution in [0, 0.1) is 0 Å². The van der Waals surface area contributed by atoms with E-state index in [2.05, 4.69) is 26.5 Å². The van der Waals surface area contributed by atoms with Crippen LogP contribution in [0.3, 0.4) is 0 Å². The first-order chi connectivity index (χ1) is 14.6. The SMILES string of the molecule is COc1cc(C=NNC(=O)Cc2ccccc2)c(Br)cc1OCc1ccccc1Cl. The molecule has 3 aromatic rings. The lowest BCUT2D eigenvalue weighted by Crippen LogP contribution is -2.19. The molecule has 3 rings (SSSR count). The third-order valence-corrected chi connectivity index (χ3v) is 5.28. The molecular formula is C23H20BrClN2O3. The minimum atomic E-state index is -0.194. The Labute approximate surface area is 188 Å². The number of benzene rings is 3. The van der Waals surface area contributed by atoms with E-state index in [9.17, 15) is 4.79 Å². The topological polar surface area (TPSA) is 59.9 Å². The number of methoxy groups -OCH3 is 1. The van der Waals surface area contributed by atoms with E-state index in [1.54, 1.807) is 25.5 Å². The molecular weight excluding hydrogens is 468 g/mol. The Morgan fingerprint density at radius 3 is 2.57 bits per heavy atom. The molecule has 3 aromatic carbocycles. The van der Waals surface area contributed by atoms with Crippen molar-refractivity contribution in [1.29, 1.82) is 0 Å². The predicted molar refractivity (Wildman–Crippen MR) is 122 cm³/mol. The summed E-state index contributed by atoms with van der Waals surface area (Å²) in [7, 11) is 1.56. The molecule has 0 heterocycles. The summed E-state index contributed by atoms with van der Waals surface area (Å²) in [6.07, 6.45) is 1.81. The molecule has 0 radical (unpaired) electrons. The van der Waals surface area contributed by atoms with Crippen molar-refractivity contribution in [3.63, 3.8) is 0 Å². The van der Waals surface area contributed by atoms with Gasteiger partial charge in [0, 0.05) is 20.6 Å². The van der Waals surface area contributed by atoms with E-state index in [0.29, 0.717) is 23.1 Å². The van der Waals surface area contributed by atoms with Crippen LogP contribution in [0.2, 0.25) is 5.02 Å². The fourth-order valence-corrected chi connectivity index (χ4v) is 3.30. The van der Waals surface area contributed by atoms with E-state index in [-0.39, 0.29) is 12.3 Å². The fraction of sp³-hybridized carbons (Fsp3) is 0.130. The first-order valence-corrected chi connectivity index (χ1v) is 10.3. The van der Waals surface area contributed by atoms with Gasteiger partial charge < -0.3 is 9.47 Å². The number of carbonyl (C=O) groups excluding carboxylic acids is 1. The second-order valence-electron chi connectivity index (χ2n) is 6.36. The number of hydrogen-bond acceptors (Lipinski definition) is 4. The van der Waals surface area contributed by atoms with Crippen LogP contribution in [0.1, 0.15) is 16.7 Å². The highest BCUT2D eigenvalue weighted by molar-refractivity contribution is 9.10. The summed E-state index contributed by atoms with van der Waals surface area (Å²) >= 11 is 9.69. The zero-order chi connectivity index (χ0) is 21.3. The average molecular weight is 488 g/mol. The first kappa shape index (κ1) is 21.9. The van der Waals surface area contributed by atoms with Gasteiger partial charge in [0.25, 0.3) is 0 Å². The van der Waals surface area contributed by atoms with Gasteiger partial charge in [-0.3, -0.25) is 4.79 Å². The van der Waals surface area contributed by atoms with Crippen molar-refractivity contribution >= 4 is 39.7 Å². The molecule has 0 spiro atoms. The van der Waals surface area contributed by atoms with Crippen LogP contribution in [0.25, 0.3) is 0 Å². The van der Waals surface area contributed by atoms with Gasteiger partial charge in [0.2, 0.25) is 5.91 Å². The number of rotatable bonds is 8. The highest BCUT2D eigenvalue weighted by Crippen LogP contribution is 2.33. The van der Waals surface area contributed by atoms with Crippen LogP contribution in [0.5, 0.6) is 11.5 Å². The van der Waals surface area contributed by atoms with Gasteiger partial charge in [-0.15, -0.1) is 0 Å². The van der Waals surface area contributed by atoms with E-state index in [1.165, 1.54) is 0 Å². The number of ether oxygens (including phenoxy) is 2. The highest BCUT2D eigenvalue weighted by atomic mass is 79.9. The number of nitrogens with zero attached hydrogens (tertiary/aromatic N) is 1. The van der Waals surface area contributed by atoms with Gasteiger partial charge in [-0.2, -0.15) is 5.10 Å². The van der Waals surface area contributed by atoms with E-state index >= 15 is 0 Å². The summed E-state index contributed by atoms with van der Waals surface area (Å²) in [5, 5.41) is 4.68. The Balaban J connectivity index is 1.65. The van der Waals surface area contributed by atoms with Gasteiger partial charge in [0.1, 0.15) is 6.61 Å². The number of carbonyl (C=O) groups is 1. The normalized spacial score (nSPS) is 10.8. The van der Waals surface area contributed by atoms with Gasteiger partial charge in [0.05, 0.1) is 19.7 Å². The largest absolute Gasteiger partial charge is 0.493 e. The fourth-order valence-electron chi connectivity index (χ4n) is 2.69. The second-order valence-corrected chi connectivity index (χ2v) is 7.62. The lowest BCUT2D eigenvalue weighted by molar-refractivity contribution is -0.120. The monoisotopic (exact) mass is 486 g/mol. The molecule has 7 heteroatoms. The smallest absolute Gasteiger partial charge is 0.244 e.